The van der Waals surface area contributed by atoms with E-state index in [1.54, 1.807) is 0 Å². The van der Waals surface area contributed by atoms with Gasteiger partial charge in [-0.2, -0.15) is 0 Å². The van der Waals surface area contributed by atoms with Gasteiger partial charge in [0, 0.05) is 36.4 Å². The van der Waals surface area contributed by atoms with Crippen LogP contribution in [0.2, 0.25) is 0 Å². The highest BCUT2D eigenvalue weighted by Gasteiger charge is 2.22. The van der Waals surface area contributed by atoms with E-state index < -0.39 is 5.97 Å². The molecule has 106 valence electrons. The van der Waals surface area contributed by atoms with E-state index in [4.69, 9.17) is 4.74 Å². The summed E-state index contributed by atoms with van der Waals surface area (Å²) < 4.78 is 7.56. The SMILES string of the molecule is Cc1c(C(=O)O)c2ccccc2n1CC1CCOCC1. The number of para-hydroxylation sites is 1. The largest absolute Gasteiger partial charge is 0.478 e. The molecule has 0 radical (unpaired) electrons. The van der Waals surface area contributed by atoms with Crippen LogP contribution in [0.25, 0.3) is 10.9 Å². The van der Waals surface area contributed by atoms with E-state index in [-0.39, 0.29) is 0 Å². The van der Waals surface area contributed by atoms with Crippen LogP contribution in [0.1, 0.15) is 28.9 Å². The van der Waals surface area contributed by atoms with Gasteiger partial charge in [0.2, 0.25) is 0 Å². The molecule has 2 heterocycles. The molecule has 0 saturated carbocycles. The van der Waals surface area contributed by atoms with Crippen molar-refractivity contribution in [3.05, 3.63) is 35.5 Å². The summed E-state index contributed by atoms with van der Waals surface area (Å²) in [6.45, 7) is 4.41. The van der Waals surface area contributed by atoms with Crippen LogP contribution in [0.3, 0.4) is 0 Å². The Balaban J connectivity index is 2.05. The van der Waals surface area contributed by atoms with Crippen LogP contribution in [0, 0.1) is 12.8 Å². The van der Waals surface area contributed by atoms with Crippen molar-refractivity contribution in [1.29, 1.82) is 0 Å². The first kappa shape index (κ1) is 13.2. The van der Waals surface area contributed by atoms with Gasteiger partial charge in [-0.05, 0) is 31.7 Å². The standard InChI is InChI=1S/C16H19NO3/c1-11-15(16(18)19)13-4-2-3-5-14(13)17(11)10-12-6-8-20-9-7-12/h2-5,12H,6-10H2,1H3,(H,18,19). The number of aromatic carboxylic acids is 1. The number of carbonyl (C=O) groups is 1. The summed E-state index contributed by atoms with van der Waals surface area (Å²) in [5.74, 6) is -0.274. The molecule has 4 nitrogen and oxygen atoms in total. The quantitative estimate of drug-likeness (QED) is 0.935. The number of carboxylic acids is 1. The molecule has 0 spiro atoms. The van der Waals surface area contributed by atoms with Gasteiger partial charge >= 0.3 is 5.97 Å². The predicted octanol–water partition coefficient (Wildman–Crippen LogP) is 3.07. The second-order valence-electron chi connectivity index (χ2n) is 5.45. The van der Waals surface area contributed by atoms with Crippen molar-refractivity contribution in [1.82, 2.24) is 4.57 Å². The number of ether oxygens (including phenoxy) is 1. The second kappa shape index (κ2) is 5.29. The lowest BCUT2D eigenvalue weighted by Crippen LogP contribution is -2.21. The lowest BCUT2D eigenvalue weighted by atomic mass is 10.0. The van der Waals surface area contributed by atoms with Gasteiger partial charge < -0.3 is 14.4 Å². The fourth-order valence-electron chi connectivity index (χ4n) is 3.12. The minimum absolute atomic E-state index is 0.438. The number of nitrogens with zero attached hydrogens (tertiary/aromatic N) is 1. The Bertz CT molecular complexity index is 638. The zero-order valence-electron chi connectivity index (χ0n) is 11.6. The Kier molecular flexibility index (Phi) is 3.49. The van der Waals surface area contributed by atoms with Gasteiger partial charge in [0.25, 0.3) is 0 Å². The fourth-order valence-corrected chi connectivity index (χ4v) is 3.12. The highest BCUT2D eigenvalue weighted by atomic mass is 16.5. The number of benzene rings is 1. The molecule has 1 N–H and O–H groups in total. The molecule has 0 amide bonds. The molecule has 3 rings (SSSR count). The average molecular weight is 273 g/mol. The molecule has 1 saturated heterocycles. The van der Waals surface area contributed by atoms with Crippen LogP contribution in [-0.2, 0) is 11.3 Å². The molecule has 1 aliphatic rings. The highest BCUT2D eigenvalue weighted by Crippen LogP contribution is 2.28. The van der Waals surface area contributed by atoms with Gasteiger partial charge in [-0.3, -0.25) is 0 Å². The topological polar surface area (TPSA) is 51.5 Å². The third-order valence-electron chi connectivity index (χ3n) is 4.23. The molecule has 20 heavy (non-hydrogen) atoms. The Morgan fingerprint density at radius 1 is 1.35 bits per heavy atom. The maximum absolute atomic E-state index is 11.5. The first-order valence-corrected chi connectivity index (χ1v) is 7.07. The number of hydrogen-bond donors (Lipinski definition) is 1. The molecule has 1 aromatic carbocycles. The van der Waals surface area contributed by atoms with Crippen LogP contribution in [0.4, 0.5) is 0 Å². The zero-order valence-corrected chi connectivity index (χ0v) is 11.6. The summed E-state index contributed by atoms with van der Waals surface area (Å²) in [6.07, 6.45) is 2.10. The Morgan fingerprint density at radius 3 is 2.75 bits per heavy atom. The van der Waals surface area contributed by atoms with Crippen molar-refractivity contribution in [2.45, 2.75) is 26.3 Å². The van der Waals surface area contributed by atoms with Crippen molar-refractivity contribution in [2.75, 3.05) is 13.2 Å². The molecule has 0 aliphatic carbocycles. The smallest absolute Gasteiger partial charge is 0.338 e. The van der Waals surface area contributed by atoms with E-state index in [2.05, 4.69) is 4.57 Å². The fraction of sp³-hybridized carbons (Fsp3) is 0.438. The average Bonchev–Trinajstić information content (AvgIpc) is 2.73. The minimum Gasteiger partial charge on any atom is -0.478 e. The second-order valence-corrected chi connectivity index (χ2v) is 5.45. The molecule has 1 aliphatic heterocycles. The first-order chi connectivity index (χ1) is 9.68. The van der Waals surface area contributed by atoms with Crippen molar-refractivity contribution in [3.8, 4) is 0 Å². The lowest BCUT2D eigenvalue weighted by molar-refractivity contribution is 0.0612. The molecule has 2 aromatic rings. The van der Waals surface area contributed by atoms with Crippen LogP contribution >= 0.6 is 0 Å². The normalized spacial score (nSPS) is 16.6. The van der Waals surface area contributed by atoms with Gasteiger partial charge in [0.05, 0.1) is 5.56 Å². The number of aromatic nitrogens is 1. The van der Waals surface area contributed by atoms with E-state index in [0.29, 0.717) is 11.5 Å². The number of rotatable bonds is 3. The van der Waals surface area contributed by atoms with E-state index in [1.807, 2.05) is 31.2 Å². The van der Waals surface area contributed by atoms with Gasteiger partial charge in [-0.1, -0.05) is 18.2 Å². The summed E-state index contributed by atoms with van der Waals surface area (Å²) in [5, 5.41) is 10.3. The molecule has 4 heteroatoms. The lowest BCUT2D eigenvalue weighted by Gasteiger charge is -2.23. The predicted molar refractivity (Wildman–Crippen MR) is 77.2 cm³/mol. The van der Waals surface area contributed by atoms with Gasteiger partial charge in [-0.15, -0.1) is 0 Å². The van der Waals surface area contributed by atoms with Gasteiger partial charge in [-0.25, -0.2) is 4.79 Å². The number of hydrogen-bond acceptors (Lipinski definition) is 2. The minimum atomic E-state index is -0.843. The summed E-state index contributed by atoms with van der Waals surface area (Å²) in [5.41, 5.74) is 2.31. The molecule has 1 fully saturated rings. The molecule has 0 unspecified atom stereocenters. The van der Waals surface area contributed by atoms with Crippen LogP contribution in [-0.4, -0.2) is 28.9 Å². The van der Waals surface area contributed by atoms with Crippen LogP contribution in [0.5, 0.6) is 0 Å². The molecular weight excluding hydrogens is 254 g/mol. The number of fused-ring (bicyclic) bond motifs is 1. The van der Waals surface area contributed by atoms with Crippen molar-refractivity contribution >= 4 is 16.9 Å². The number of carboxylic acid groups (broad SMARTS) is 1. The van der Waals surface area contributed by atoms with Gasteiger partial charge in [0.1, 0.15) is 0 Å². The van der Waals surface area contributed by atoms with Crippen LogP contribution in [0.15, 0.2) is 24.3 Å². The molecule has 1 aromatic heterocycles. The Hall–Kier alpha value is -1.81. The zero-order chi connectivity index (χ0) is 14.1. The van der Waals surface area contributed by atoms with Crippen molar-refractivity contribution < 1.29 is 14.6 Å². The third-order valence-corrected chi connectivity index (χ3v) is 4.23. The monoisotopic (exact) mass is 273 g/mol. The van der Waals surface area contributed by atoms with E-state index in [9.17, 15) is 9.90 Å². The molecule has 0 bridgehead atoms. The maximum atomic E-state index is 11.5. The Labute approximate surface area is 118 Å². The van der Waals surface area contributed by atoms with Crippen molar-refractivity contribution in [3.63, 3.8) is 0 Å². The van der Waals surface area contributed by atoms with Crippen LogP contribution < -0.4 is 0 Å². The highest BCUT2D eigenvalue weighted by molar-refractivity contribution is 6.05. The van der Waals surface area contributed by atoms with Gasteiger partial charge in [0.15, 0.2) is 0 Å². The first-order valence-electron chi connectivity index (χ1n) is 7.07. The molecular formula is C16H19NO3. The summed E-state index contributed by atoms with van der Waals surface area (Å²) in [4.78, 5) is 11.5. The van der Waals surface area contributed by atoms with E-state index in [1.165, 1.54) is 0 Å². The van der Waals surface area contributed by atoms with E-state index >= 15 is 0 Å². The summed E-state index contributed by atoms with van der Waals surface area (Å²) in [6, 6.07) is 7.77. The maximum Gasteiger partial charge on any atom is 0.338 e. The summed E-state index contributed by atoms with van der Waals surface area (Å²) in [7, 11) is 0. The Morgan fingerprint density at radius 2 is 2.05 bits per heavy atom. The summed E-state index contributed by atoms with van der Waals surface area (Å²) >= 11 is 0. The third kappa shape index (κ3) is 2.20. The van der Waals surface area contributed by atoms with Crippen molar-refractivity contribution in [2.24, 2.45) is 5.92 Å². The van der Waals surface area contributed by atoms with E-state index in [0.717, 1.165) is 49.2 Å². The molecule has 0 atom stereocenters.